The Balaban J connectivity index is 1.42. The minimum absolute atomic E-state index is 0.0474. The number of para-hydroxylation sites is 2. The third-order valence-electron chi connectivity index (χ3n) is 4.98. The van der Waals surface area contributed by atoms with Crippen molar-refractivity contribution in [2.24, 2.45) is 5.92 Å². The number of ether oxygens (including phenoxy) is 1. The molecule has 0 spiro atoms. The maximum absolute atomic E-state index is 12.2. The fraction of sp³-hybridized carbons (Fsp3) is 0.550. The number of aryl methyl sites for hydroxylation is 1. The lowest BCUT2D eigenvalue weighted by Crippen LogP contribution is -2.38. The van der Waals surface area contributed by atoms with E-state index in [4.69, 9.17) is 4.74 Å². The standard InChI is InChI=1S/C20H28N6O2S/c1-15(2)14-26-18(24-9-11-28-12-10-24)22-23-20(26)29-13-5-8-25-17-7-4-3-6-16(17)21-19(25)27/h3-4,6-7,15H,5,8-14H2,1-2H3,(H,21,27). The summed E-state index contributed by atoms with van der Waals surface area (Å²) in [7, 11) is 0. The number of H-pyrrole nitrogens is 1. The molecule has 156 valence electrons. The summed E-state index contributed by atoms with van der Waals surface area (Å²) in [5.74, 6) is 2.33. The number of benzene rings is 1. The SMILES string of the molecule is CC(C)Cn1c(SCCCn2c(=O)[nH]c3ccccc32)nnc1N1CCOCC1. The number of nitrogens with one attached hydrogen (secondary N) is 1. The summed E-state index contributed by atoms with van der Waals surface area (Å²) in [4.78, 5) is 17.4. The van der Waals surface area contributed by atoms with Gasteiger partial charge in [0.25, 0.3) is 0 Å². The quantitative estimate of drug-likeness (QED) is 0.449. The van der Waals surface area contributed by atoms with Gasteiger partial charge >= 0.3 is 5.69 Å². The van der Waals surface area contributed by atoms with E-state index in [1.165, 1.54) is 0 Å². The molecule has 1 aromatic carbocycles. The number of aromatic nitrogens is 5. The summed E-state index contributed by atoms with van der Waals surface area (Å²) in [6.45, 7) is 9.16. The van der Waals surface area contributed by atoms with Crippen molar-refractivity contribution >= 4 is 28.7 Å². The van der Waals surface area contributed by atoms with Crippen molar-refractivity contribution in [1.82, 2.24) is 24.3 Å². The van der Waals surface area contributed by atoms with Gasteiger partial charge in [0.15, 0.2) is 5.16 Å². The lowest BCUT2D eigenvalue weighted by Gasteiger charge is -2.28. The van der Waals surface area contributed by atoms with Crippen LogP contribution in [0.4, 0.5) is 5.95 Å². The van der Waals surface area contributed by atoms with Crippen LogP contribution in [0.15, 0.2) is 34.2 Å². The maximum Gasteiger partial charge on any atom is 0.326 e. The highest BCUT2D eigenvalue weighted by atomic mass is 32.2. The Morgan fingerprint density at radius 3 is 2.76 bits per heavy atom. The first-order valence-electron chi connectivity index (χ1n) is 10.2. The molecule has 2 aromatic heterocycles. The topological polar surface area (TPSA) is 81.0 Å². The molecule has 1 saturated heterocycles. The minimum Gasteiger partial charge on any atom is -0.378 e. The highest BCUT2D eigenvalue weighted by Gasteiger charge is 2.21. The molecule has 4 rings (SSSR count). The summed E-state index contributed by atoms with van der Waals surface area (Å²) in [6, 6.07) is 7.81. The Morgan fingerprint density at radius 1 is 1.17 bits per heavy atom. The zero-order chi connectivity index (χ0) is 20.2. The highest BCUT2D eigenvalue weighted by molar-refractivity contribution is 7.99. The number of rotatable bonds is 8. The van der Waals surface area contributed by atoms with Gasteiger partial charge < -0.3 is 14.6 Å². The minimum atomic E-state index is -0.0474. The number of nitrogens with zero attached hydrogens (tertiary/aromatic N) is 5. The van der Waals surface area contributed by atoms with Crippen molar-refractivity contribution in [1.29, 1.82) is 0 Å². The normalized spacial score (nSPS) is 14.9. The molecule has 29 heavy (non-hydrogen) atoms. The first-order chi connectivity index (χ1) is 14.1. The summed E-state index contributed by atoms with van der Waals surface area (Å²) in [6.07, 6.45) is 0.883. The van der Waals surface area contributed by atoms with Crippen LogP contribution in [0.1, 0.15) is 20.3 Å². The van der Waals surface area contributed by atoms with Gasteiger partial charge in [0.05, 0.1) is 24.2 Å². The number of aromatic amines is 1. The molecule has 0 bridgehead atoms. The number of morpholine rings is 1. The van der Waals surface area contributed by atoms with Crippen molar-refractivity contribution in [3.05, 3.63) is 34.7 Å². The Labute approximate surface area is 174 Å². The van der Waals surface area contributed by atoms with Crippen LogP contribution in [-0.4, -0.2) is 56.4 Å². The van der Waals surface area contributed by atoms with Crippen LogP contribution in [0.5, 0.6) is 0 Å². The van der Waals surface area contributed by atoms with E-state index >= 15 is 0 Å². The van der Waals surface area contributed by atoms with E-state index < -0.39 is 0 Å². The van der Waals surface area contributed by atoms with Crippen LogP contribution in [0.2, 0.25) is 0 Å². The number of imidazole rings is 1. The van der Waals surface area contributed by atoms with Gasteiger partial charge in [0, 0.05) is 31.9 Å². The van der Waals surface area contributed by atoms with E-state index in [1.54, 1.807) is 11.8 Å². The lowest BCUT2D eigenvalue weighted by atomic mass is 10.2. The predicted octanol–water partition coefficient (Wildman–Crippen LogP) is 2.60. The van der Waals surface area contributed by atoms with Gasteiger partial charge in [-0.1, -0.05) is 37.7 Å². The zero-order valence-corrected chi connectivity index (χ0v) is 17.8. The smallest absolute Gasteiger partial charge is 0.326 e. The molecule has 0 radical (unpaired) electrons. The Hall–Kier alpha value is -2.26. The van der Waals surface area contributed by atoms with Crippen molar-refractivity contribution < 1.29 is 4.74 Å². The number of anilines is 1. The van der Waals surface area contributed by atoms with E-state index in [0.29, 0.717) is 12.5 Å². The van der Waals surface area contributed by atoms with Crippen LogP contribution < -0.4 is 10.6 Å². The fourth-order valence-electron chi connectivity index (χ4n) is 3.62. The van der Waals surface area contributed by atoms with E-state index in [9.17, 15) is 4.79 Å². The van der Waals surface area contributed by atoms with Crippen LogP contribution >= 0.6 is 11.8 Å². The first kappa shape index (κ1) is 20.0. The van der Waals surface area contributed by atoms with Gasteiger partial charge in [-0.25, -0.2) is 4.79 Å². The lowest BCUT2D eigenvalue weighted by molar-refractivity contribution is 0.121. The molecule has 1 aliphatic heterocycles. The van der Waals surface area contributed by atoms with Crippen molar-refractivity contribution in [3.8, 4) is 0 Å². The number of hydrogen-bond acceptors (Lipinski definition) is 6. The molecule has 1 N–H and O–H groups in total. The first-order valence-corrected chi connectivity index (χ1v) is 11.2. The molecule has 0 amide bonds. The second-order valence-corrected chi connectivity index (χ2v) is 8.75. The van der Waals surface area contributed by atoms with Crippen LogP contribution in [-0.2, 0) is 17.8 Å². The van der Waals surface area contributed by atoms with Gasteiger partial charge in [0.2, 0.25) is 5.95 Å². The number of hydrogen-bond donors (Lipinski definition) is 1. The molecular weight excluding hydrogens is 388 g/mol. The summed E-state index contributed by atoms with van der Waals surface area (Å²) >= 11 is 1.71. The van der Waals surface area contributed by atoms with Gasteiger partial charge in [-0.15, -0.1) is 10.2 Å². The van der Waals surface area contributed by atoms with Crippen molar-refractivity contribution in [3.63, 3.8) is 0 Å². The van der Waals surface area contributed by atoms with Crippen LogP contribution in [0.3, 0.4) is 0 Å². The van der Waals surface area contributed by atoms with E-state index in [1.807, 2.05) is 28.8 Å². The molecule has 3 aromatic rings. The summed E-state index contributed by atoms with van der Waals surface area (Å²) in [5.41, 5.74) is 1.80. The van der Waals surface area contributed by atoms with Crippen LogP contribution in [0, 0.1) is 5.92 Å². The molecular formula is C20H28N6O2S. The number of thioether (sulfide) groups is 1. The Kier molecular flexibility index (Phi) is 6.25. The van der Waals surface area contributed by atoms with Crippen molar-refractivity contribution in [2.75, 3.05) is 37.0 Å². The summed E-state index contributed by atoms with van der Waals surface area (Å²) in [5, 5.41) is 9.89. The zero-order valence-electron chi connectivity index (χ0n) is 17.0. The second-order valence-electron chi connectivity index (χ2n) is 7.69. The van der Waals surface area contributed by atoms with Gasteiger partial charge in [-0.3, -0.25) is 9.13 Å². The molecule has 1 fully saturated rings. The highest BCUT2D eigenvalue weighted by Crippen LogP contribution is 2.25. The molecule has 3 heterocycles. The van der Waals surface area contributed by atoms with E-state index in [2.05, 4.69) is 38.5 Å². The van der Waals surface area contributed by atoms with Crippen molar-refractivity contribution in [2.45, 2.75) is 38.5 Å². The third-order valence-corrected chi connectivity index (χ3v) is 6.03. The largest absolute Gasteiger partial charge is 0.378 e. The third kappa shape index (κ3) is 4.51. The Bertz CT molecular complexity index is 1000. The molecule has 0 unspecified atom stereocenters. The molecule has 1 aliphatic rings. The van der Waals surface area contributed by atoms with E-state index in [0.717, 1.165) is 67.2 Å². The molecule has 0 saturated carbocycles. The average Bonchev–Trinajstić information content (AvgIpc) is 3.26. The Morgan fingerprint density at radius 2 is 1.97 bits per heavy atom. The maximum atomic E-state index is 12.2. The molecule has 0 aliphatic carbocycles. The molecule has 0 atom stereocenters. The fourth-order valence-corrected chi connectivity index (χ4v) is 4.49. The van der Waals surface area contributed by atoms with Gasteiger partial charge in [-0.2, -0.15) is 0 Å². The van der Waals surface area contributed by atoms with Gasteiger partial charge in [-0.05, 0) is 24.5 Å². The van der Waals surface area contributed by atoms with E-state index in [-0.39, 0.29) is 5.69 Å². The number of fused-ring (bicyclic) bond motifs is 1. The second kappa shape index (κ2) is 9.04. The monoisotopic (exact) mass is 416 g/mol. The molecule has 9 heteroatoms. The van der Waals surface area contributed by atoms with Crippen LogP contribution in [0.25, 0.3) is 11.0 Å². The predicted molar refractivity (Wildman–Crippen MR) is 116 cm³/mol. The average molecular weight is 417 g/mol. The van der Waals surface area contributed by atoms with Gasteiger partial charge in [0.1, 0.15) is 0 Å². The summed E-state index contributed by atoms with van der Waals surface area (Å²) < 4.78 is 9.52. The molecule has 8 nitrogen and oxygen atoms in total.